The zero-order chi connectivity index (χ0) is 10.8. The molecule has 0 aliphatic heterocycles. The van der Waals surface area contributed by atoms with E-state index < -0.39 is 0 Å². The van der Waals surface area contributed by atoms with Crippen LogP contribution >= 0.6 is 15.9 Å². The Labute approximate surface area is 93.3 Å². The van der Waals surface area contributed by atoms with Gasteiger partial charge in [0.05, 0.1) is 0 Å². The molecule has 0 spiro atoms. The third-order valence-corrected chi connectivity index (χ3v) is 2.58. The van der Waals surface area contributed by atoms with E-state index >= 15 is 0 Å². The van der Waals surface area contributed by atoms with Gasteiger partial charge in [-0.3, -0.25) is 0 Å². The van der Waals surface area contributed by atoms with Crippen molar-refractivity contribution in [3.05, 3.63) is 22.2 Å². The second kappa shape index (κ2) is 4.36. The zero-order valence-corrected chi connectivity index (χ0v) is 10.4. The van der Waals surface area contributed by atoms with Crippen molar-refractivity contribution in [2.24, 2.45) is 5.73 Å². The summed E-state index contributed by atoms with van der Waals surface area (Å²) in [7, 11) is 0. The first kappa shape index (κ1) is 11.6. The van der Waals surface area contributed by atoms with E-state index in [9.17, 15) is 0 Å². The summed E-state index contributed by atoms with van der Waals surface area (Å²) >= 11 is 3.43. The van der Waals surface area contributed by atoms with E-state index in [-0.39, 0.29) is 5.41 Å². The topological polar surface area (TPSA) is 51.8 Å². The SMILES string of the molecule is CC(C)(C)c1ncc(CCN)c(Br)n1. The normalized spacial score (nSPS) is 11.8. The summed E-state index contributed by atoms with van der Waals surface area (Å²) in [6, 6.07) is 0. The van der Waals surface area contributed by atoms with Crippen LogP contribution in [0.15, 0.2) is 10.8 Å². The van der Waals surface area contributed by atoms with Crippen molar-refractivity contribution < 1.29 is 0 Å². The number of rotatable bonds is 2. The Bertz CT molecular complexity index is 318. The van der Waals surface area contributed by atoms with E-state index in [0.717, 1.165) is 22.4 Å². The summed E-state index contributed by atoms with van der Waals surface area (Å²) in [6.07, 6.45) is 2.66. The number of nitrogens with zero attached hydrogens (tertiary/aromatic N) is 2. The summed E-state index contributed by atoms with van der Waals surface area (Å²) in [5.74, 6) is 0.852. The highest BCUT2D eigenvalue weighted by atomic mass is 79.9. The highest BCUT2D eigenvalue weighted by molar-refractivity contribution is 9.10. The van der Waals surface area contributed by atoms with Crippen LogP contribution in [0.2, 0.25) is 0 Å². The molecule has 1 aromatic rings. The molecule has 2 N–H and O–H groups in total. The lowest BCUT2D eigenvalue weighted by molar-refractivity contribution is 0.542. The van der Waals surface area contributed by atoms with Gasteiger partial charge >= 0.3 is 0 Å². The minimum absolute atomic E-state index is 0.0102. The fourth-order valence-electron chi connectivity index (χ4n) is 1.07. The van der Waals surface area contributed by atoms with E-state index in [1.165, 1.54) is 0 Å². The van der Waals surface area contributed by atoms with Gasteiger partial charge in [-0.05, 0) is 28.9 Å². The van der Waals surface area contributed by atoms with Gasteiger partial charge in [0.2, 0.25) is 0 Å². The quantitative estimate of drug-likeness (QED) is 0.826. The van der Waals surface area contributed by atoms with Crippen LogP contribution in [0.4, 0.5) is 0 Å². The molecule has 0 unspecified atom stereocenters. The van der Waals surface area contributed by atoms with Crippen LogP contribution in [0.1, 0.15) is 32.2 Å². The lowest BCUT2D eigenvalue weighted by atomic mass is 9.96. The molecule has 0 saturated carbocycles. The molecule has 0 atom stereocenters. The van der Waals surface area contributed by atoms with Crippen molar-refractivity contribution in [2.45, 2.75) is 32.6 Å². The molecule has 1 rings (SSSR count). The fourth-order valence-corrected chi connectivity index (χ4v) is 1.54. The third-order valence-electron chi connectivity index (χ3n) is 1.90. The number of aromatic nitrogens is 2. The highest BCUT2D eigenvalue weighted by Gasteiger charge is 2.18. The number of hydrogen-bond acceptors (Lipinski definition) is 3. The molecular weight excluding hydrogens is 242 g/mol. The second-order valence-electron chi connectivity index (χ2n) is 4.30. The second-order valence-corrected chi connectivity index (χ2v) is 5.05. The van der Waals surface area contributed by atoms with Gasteiger partial charge < -0.3 is 5.73 Å². The molecule has 0 saturated heterocycles. The van der Waals surface area contributed by atoms with Gasteiger partial charge in [0, 0.05) is 17.2 Å². The van der Waals surface area contributed by atoms with E-state index in [4.69, 9.17) is 5.73 Å². The van der Waals surface area contributed by atoms with Crippen LogP contribution in [-0.2, 0) is 11.8 Å². The molecule has 14 heavy (non-hydrogen) atoms. The lowest BCUT2D eigenvalue weighted by Gasteiger charge is -2.17. The summed E-state index contributed by atoms with van der Waals surface area (Å²) < 4.78 is 0.864. The molecule has 3 nitrogen and oxygen atoms in total. The Morgan fingerprint density at radius 2 is 2.07 bits per heavy atom. The van der Waals surface area contributed by atoms with Gasteiger partial charge in [-0.2, -0.15) is 0 Å². The van der Waals surface area contributed by atoms with Crippen LogP contribution in [0.5, 0.6) is 0 Å². The number of nitrogens with two attached hydrogens (primary N) is 1. The molecule has 0 aromatic carbocycles. The average Bonchev–Trinajstić information content (AvgIpc) is 2.07. The highest BCUT2D eigenvalue weighted by Crippen LogP contribution is 2.21. The summed E-state index contributed by atoms with van der Waals surface area (Å²) in [5.41, 5.74) is 6.54. The Kier molecular flexibility index (Phi) is 3.61. The van der Waals surface area contributed by atoms with Gasteiger partial charge in [-0.15, -0.1) is 0 Å². The van der Waals surface area contributed by atoms with Gasteiger partial charge in [0.1, 0.15) is 10.4 Å². The maximum Gasteiger partial charge on any atom is 0.134 e. The van der Waals surface area contributed by atoms with Gasteiger partial charge in [-0.25, -0.2) is 9.97 Å². The number of hydrogen-bond donors (Lipinski definition) is 1. The summed E-state index contributed by atoms with van der Waals surface area (Å²) in [4.78, 5) is 8.75. The molecule has 0 fully saturated rings. The van der Waals surface area contributed by atoms with Gasteiger partial charge in [0.25, 0.3) is 0 Å². The molecule has 0 aliphatic carbocycles. The average molecular weight is 258 g/mol. The van der Waals surface area contributed by atoms with Crippen molar-refractivity contribution in [1.82, 2.24) is 9.97 Å². The van der Waals surface area contributed by atoms with Crippen LogP contribution in [0.25, 0.3) is 0 Å². The molecule has 1 aromatic heterocycles. The fraction of sp³-hybridized carbons (Fsp3) is 0.600. The Morgan fingerprint density at radius 3 is 2.50 bits per heavy atom. The van der Waals surface area contributed by atoms with E-state index in [1.807, 2.05) is 6.20 Å². The van der Waals surface area contributed by atoms with Crippen molar-refractivity contribution in [2.75, 3.05) is 6.54 Å². The van der Waals surface area contributed by atoms with E-state index in [0.29, 0.717) is 6.54 Å². The van der Waals surface area contributed by atoms with Gasteiger partial charge in [-0.1, -0.05) is 20.8 Å². The van der Waals surface area contributed by atoms with Crippen molar-refractivity contribution in [3.8, 4) is 0 Å². The maximum absolute atomic E-state index is 5.48. The van der Waals surface area contributed by atoms with Crippen molar-refractivity contribution in [3.63, 3.8) is 0 Å². The Balaban J connectivity index is 3.01. The smallest absolute Gasteiger partial charge is 0.134 e. The first-order valence-corrected chi connectivity index (χ1v) is 5.46. The Hall–Kier alpha value is -0.480. The molecule has 0 bridgehead atoms. The molecule has 0 radical (unpaired) electrons. The van der Waals surface area contributed by atoms with E-state index in [2.05, 4.69) is 46.7 Å². The lowest BCUT2D eigenvalue weighted by Crippen LogP contribution is -2.17. The number of halogens is 1. The third kappa shape index (κ3) is 2.75. The van der Waals surface area contributed by atoms with Crippen LogP contribution in [0.3, 0.4) is 0 Å². The molecular formula is C10H16BrN3. The van der Waals surface area contributed by atoms with Crippen LogP contribution in [-0.4, -0.2) is 16.5 Å². The minimum Gasteiger partial charge on any atom is -0.330 e. The zero-order valence-electron chi connectivity index (χ0n) is 8.84. The molecule has 0 amide bonds. The van der Waals surface area contributed by atoms with Crippen LogP contribution < -0.4 is 5.73 Å². The molecule has 4 heteroatoms. The first-order valence-electron chi connectivity index (χ1n) is 4.67. The monoisotopic (exact) mass is 257 g/mol. The van der Waals surface area contributed by atoms with Crippen LogP contribution in [0, 0.1) is 0 Å². The molecule has 78 valence electrons. The molecule has 1 heterocycles. The maximum atomic E-state index is 5.48. The van der Waals surface area contributed by atoms with Gasteiger partial charge in [0.15, 0.2) is 0 Å². The largest absolute Gasteiger partial charge is 0.330 e. The van der Waals surface area contributed by atoms with Crippen molar-refractivity contribution in [1.29, 1.82) is 0 Å². The van der Waals surface area contributed by atoms with E-state index in [1.54, 1.807) is 0 Å². The minimum atomic E-state index is -0.0102. The standard InChI is InChI=1S/C10H16BrN3/c1-10(2,3)9-13-6-7(4-5-12)8(11)14-9/h6H,4-5,12H2,1-3H3. The summed E-state index contributed by atoms with van der Waals surface area (Å²) in [6.45, 7) is 6.91. The van der Waals surface area contributed by atoms with Crippen molar-refractivity contribution >= 4 is 15.9 Å². The predicted octanol–water partition coefficient (Wildman–Crippen LogP) is 2.04. The predicted molar refractivity (Wildman–Crippen MR) is 61.2 cm³/mol. The summed E-state index contributed by atoms with van der Waals surface area (Å²) in [5, 5.41) is 0. The first-order chi connectivity index (χ1) is 6.45. The Morgan fingerprint density at radius 1 is 1.43 bits per heavy atom. The molecule has 0 aliphatic rings.